The zero-order chi connectivity index (χ0) is 31.4. The van der Waals surface area contributed by atoms with Gasteiger partial charge in [-0.15, -0.1) is 0 Å². The van der Waals surface area contributed by atoms with Crippen LogP contribution < -0.4 is 0 Å². The second kappa shape index (κ2) is 9.47. The van der Waals surface area contributed by atoms with E-state index in [1.54, 1.807) is 12.1 Å². The fraction of sp³-hybridized carbons (Fsp3) is 0.719. The third-order valence-corrected chi connectivity index (χ3v) is 11.5. The third kappa shape index (κ3) is 4.42. The number of carboxylic acid groups (broad SMARTS) is 1. The Morgan fingerprint density at radius 2 is 1.56 bits per heavy atom. The molecular formula is C32H39F5O6. The molecule has 1 aromatic carbocycles. The average molecular weight is 615 g/mol. The second-order valence-electron chi connectivity index (χ2n) is 14.6. The fourth-order valence-electron chi connectivity index (χ4n) is 9.16. The minimum Gasteiger partial charge on any atom is -0.478 e. The van der Waals surface area contributed by atoms with Crippen molar-refractivity contribution in [3.8, 4) is 0 Å². The van der Waals surface area contributed by atoms with Gasteiger partial charge >= 0.3 is 18.1 Å². The van der Waals surface area contributed by atoms with Crippen molar-refractivity contribution in [1.29, 1.82) is 0 Å². The van der Waals surface area contributed by atoms with Gasteiger partial charge in [0.25, 0.3) is 0 Å². The molecule has 3 N–H and O–H groups in total. The van der Waals surface area contributed by atoms with Crippen molar-refractivity contribution >= 4 is 5.97 Å². The van der Waals surface area contributed by atoms with Crippen LogP contribution >= 0.6 is 0 Å². The molecule has 4 aliphatic carbocycles. The molecule has 3 saturated carbocycles. The predicted octanol–water partition coefficient (Wildman–Crippen LogP) is 6.61. The topological polar surface area (TPSA) is 96.2 Å². The van der Waals surface area contributed by atoms with Gasteiger partial charge in [-0.3, -0.25) is 0 Å². The number of hydrogen-bond donors (Lipinski definition) is 3. The Balaban J connectivity index is 1.46. The highest BCUT2D eigenvalue weighted by molar-refractivity contribution is 5.87. The summed E-state index contributed by atoms with van der Waals surface area (Å²) in [6, 6.07) is 5.89. The van der Waals surface area contributed by atoms with Crippen molar-refractivity contribution in [2.75, 3.05) is 13.2 Å². The minimum absolute atomic E-state index is 0.00550. The van der Waals surface area contributed by atoms with E-state index in [4.69, 9.17) is 9.47 Å². The van der Waals surface area contributed by atoms with E-state index in [9.17, 15) is 33.3 Å². The predicted molar refractivity (Wildman–Crippen MR) is 145 cm³/mol. The molecule has 1 aromatic rings. The largest absolute Gasteiger partial charge is 0.478 e. The first-order valence-corrected chi connectivity index (χ1v) is 15.0. The van der Waals surface area contributed by atoms with Crippen LogP contribution in [0.5, 0.6) is 0 Å². The highest BCUT2D eigenvalue weighted by atomic mass is 19.4. The summed E-state index contributed by atoms with van der Waals surface area (Å²) in [6.07, 6.45) is -5.19. The summed E-state index contributed by atoms with van der Waals surface area (Å²) >= 11 is 0. The first-order chi connectivity index (χ1) is 19.8. The lowest BCUT2D eigenvalue weighted by atomic mass is 9.49. The van der Waals surface area contributed by atoms with Crippen molar-refractivity contribution in [1.82, 2.24) is 0 Å². The molecule has 0 bridgehead atoms. The van der Waals surface area contributed by atoms with Gasteiger partial charge in [-0.1, -0.05) is 38.5 Å². The number of alkyl halides is 5. The van der Waals surface area contributed by atoms with Crippen molar-refractivity contribution in [2.45, 2.75) is 107 Å². The highest BCUT2D eigenvalue weighted by Gasteiger charge is 2.79. The standard InChI is InChI=1S/C32H39F5O6/c1-26(2)16-42-29(43-17-26)12-9-23-24-20(8-11-28(23,40)15-29)22-10-13-30(41,31(33,34)32(35,36)37)27(22,3)14-21(24)18-4-6-19(7-5-18)25(38)39/h4-7,20-22,40-41H,8-17H2,1-3H3,(H,38,39)/t20?,21-,22?,27?,28-,30+/m1/s1. The summed E-state index contributed by atoms with van der Waals surface area (Å²) in [6.45, 7) is 6.33. The molecule has 6 nitrogen and oxygen atoms in total. The van der Waals surface area contributed by atoms with Crippen LogP contribution in [0, 0.1) is 22.7 Å². The van der Waals surface area contributed by atoms with Crippen molar-refractivity contribution < 1.29 is 51.5 Å². The lowest BCUT2D eigenvalue weighted by Crippen LogP contribution is -2.65. The zero-order valence-corrected chi connectivity index (χ0v) is 24.6. The van der Waals surface area contributed by atoms with E-state index >= 15 is 8.78 Å². The summed E-state index contributed by atoms with van der Waals surface area (Å²) < 4.78 is 84.2. The number of ether oxygens (including phenoxy) is 2. The van der Waals surface area contributed by atoms with E-state index in [1.165, 1.54) is 19.1 Å². The van der Waals surface area contributed by atoms with Gasteiger partial charge in [0.05, 0.1) is 24.4 Å². The maximum Gasteiger partial charge on any atom is 0.456 e. The summed E-state index contributed by atoms with van der Waals surface area (Å²) in [5.74, 6) is -9.25. The Hall–Kier alpha value is -2.08. The van der Waals surface area contributed by atoms with Gasteiger partial charge in [-0.05, 0) is 73.6 Å². The van der Waals surface area contributed by atoms with E-state index in [-0.39, 0.29) is 36.7 Å². The molecule has 1 aliphatic heterocycles. The maximum atomic E-state index is 15.2. The molecule has 1 heterocycles. The highest BCUT2D eigenvalue weighted by Crippen LogP contribution is 2.71. The normalized spacial score (nSPS) is 38.8. The Bertz CT molecular complexity index is 1330. The molecule has 0 aromatic heterocycles. The number of aromatic carboxylic acids is 1. The molecule has 6 atom stereocenters. The van der Waals surface area contributed by atoms with Crippen LogP contribution in [-0.4, -0.2) is 63.6 Å². The van der Waals surface area contributed by atoms with E-state index in [0.717, 1.165) is 11.1 Å². The average Bonchev–Trinajstić information content (AvgIpc) is 3.20. The van der Waals surface area contributed by atoms with Gasteiger partial charge in [0.1, 0.15) is 5.60 Å². The van der Waals surface area contributed by atoms with Crippen LogP contribution in [0.2, 0.25) is 0 Å². The quantitative estimate of drug-likeness (QED) is 0.262. The van der Waals surface area contributed by atoms with E-state index < -0.39 is 64.6 Å². The maximum absolute atomic E-state index is 15.2. The molecular weight excluding hydrogens is 575 g/mol. The number of allylic oxidation sites excluding steroid dienone is 1. The van der Waals surface area contributed by atoms with Gasteiger partial charge in [0, 0.05) is 29.6 Å². The number of hydrogen-bond acceptors (Lipinski definition) is 5. The number of halogens is 5. The van der Waals surface area contributed by atoms with Gasteiger partial charge in [-0.2, -0.15) is 22.0 Å². The van der Waals surface area contributed by atoms with E-state index in [1.807, 2.05) is 13.8 Å². The Labute approximate surface area is 247 Å². The summed E-state index contributed by atoms with van der Waals surface area (Å²) in [4.78, 5) is 11.5. The molecule has 1 saturated heterocycles. The molecule has 43 heavy (non-hydrogen) atoms. The number of rotatable bonds is 3. The lowest BCUT2D eigenvalue weighted by molar-refractivity contribution is -0.362. The Kier molecular flexibility index (Phi) is 6.81. The smallest absolute Gasteiger partial charge is 0.456 e. The van der Waals surface area contributed by atoms with Crippen LogP contribution in [0.4, 0.5) is 22.0 Å². The molecule has 11 heteroatoms. The van der Waals surface area contributed by atoms with Crippen LogP contribution in [-0.2, 0) is 9.47 Å². The Morgan fingerprint density at radius 1 is 0.930 bits per heavy atom. The summed E-state index contributed by atoms with van der Waals surface area (Å²) in [5.41, 5.74) is -4.48. The summed E-state index contributed by atoms with van der Waals surface area (Å²) in [7, 11) is 0. The van der Waals surface area contributed by atoms with Gasteiger partial charge in [0.15, 0.2) is 5.79 Å². The van der Waals surface area contributed by atoms with E-state index in [0.29, 0.717) is 38.0 Å². The SMILES string of the molecule is CC1(C)COC2(CCC3=C4C(CC[C@@]3(O)C2)C2CC[C@@](O)(C(F)(F)C(F)(F)F)C2(C)C[C@@H]4c2ccc(C(=O)O)cc2)OC1. The summed E-state index contributed by atoms with van der Waals surface area (Å²) in [5, 5.41) is 33.0. The first kappa shape index (κ1) is 30.9. The molecule has 3 unspecified atom stereocenters. The molecule has 5 aliphatic rings. The molecule has 0 radical (unpaired) electrons. The fourth-order valence-corrected chi connectivity index (χ4v) is 9.16. The molecule has 238 valence electrons. The number of carbonyl (C=O) groups is 1. The number of carboxylic acids is 1. The van der Waals surface area contributed by atoms with Gasteiger partial charge in [-0.25, -0.2) is 4.79 Å². The number of benzene rings is 1. The van der Waals surface area contributed by atoms with Gasteiger partial charge < -0.3 is 24.8 Å². The second-order valence-corrected chi connectivity index (χ2v) is 14.6. The molecule has 6 rings (SSSR count). The first-order valence-electron chi connectivity index (χ1n) is 15.0. The molecule has 0 amide bonds. The van der Waals surface area contributed by atoms with Crippen LogP contribution in [0.25, 0.3) is 0 Å². The van der Waals surface area contributed by atoms with Crippen LogP contribution in [0.15, 0.2) is 35.4 Å². The van der Waals surface area contributed by atoms with Crippen molar-refractivity contribution in [2.24, 2.45) is 22.7 Å². The molecule has 1 spiro atoms. The Morgan fingerprint density at radius 3 is 2.14 bits per heavy atom. The lowest BCUT2D eigenvalue weighted by Gasteiger charge is -2.59. The minimum atomic E-state index is -5.93. The number of aliphatic hydroxyl groups is 2. The zero-order valence-electron chi connectivity index (χ0n) is 24.6. The van der Waals surface area contributed by atoms with Gasteiger partial charge in [0.2, 0.25) is 0 Å². The van der Waals surface area contributed by atoms with E-state index in [2.05, 4.69) is 0 Å². The van der Waals surface area contributed by atoms with Crippen LogP contribution in [0.3, 0.4) is 0 Å². The monoisotopic (exact) mass is 614 g/mol. The molecule has 4 fully saturated rings. The van der Waals surface area contributed by atoms with Crippen molar-refractivity contribution in [3.63, 3.8) is 0 Å². The van der Waals surface area contributed by atoms with Crippen molar-refractivity contribution in [3.05, 3.63) is 46.5 Å². The number of fused-ring (bicyclic) bond motifs is 4. The van der Waals surface area contributed by atoms with Crippen LogP contribution in [0.1, 0.15) is 94.0 Å². The third-order valence-electron chi connectivity index (χ3n) is 11.5.